The fourth-order valence-electron chi connectivity index (χ4n) is 2.96. The highest BCUT2D eigenvalue weighted by molar-refractivity contribution is 5.95. The van der Waals surface area contributed by atoms with E-state index < -0.39 is 0 Å². The lowest BCUT2D eigenvalue weighted by Crippen LogP contribution is -2.88. The highest BCUT2D eigenvalue weighted by Gasteiger charge is 2.19. The Morgan fingerprint density at radius 1 is 0.786 bits per heavy atom. The van der Waals surface area contributed by atoms with Gasteiger partial charge in [-0.05, 0) is 19.1 Å². The van der Waals surface area contributed by atoms with Crippen LogP contribution in [0.4, 0.5) is 0 Å². The molecule has 28 heavy (non-hydrogen) atoms. The summed E-state index contributed by atoms with van der Waals surface area (Å²) in [6.07, 6.45) is 0. The Labute approximate surface area is 164 Å². The third-order valence-electron chi connectivity index (χ3n) is 4.49. The summed E-state index contributed by atoms with van der Waals surface area (Å²) in [5, 5.41) is 1.96. The second kappa shape index (κ2) is 9.48. The van der Waals surface area contributed by atoms with Gasteiger partial charge in [0.1, 0.15) is 6.04 Å². The zero-order valence-electron chi connectivity index (χ0n) is 15.8. The Kier molecular flexibility index (Phi) is 6.54. The van der Waals surface area contributed by atoms with Crippen LogP contribution >= 0.6 is 0 Å². The molecule has 0 saturated heterocycles. The number of nitrogens with two attached hydrogens (primary N) is 1. The summed E-state index contributed by atoms with van der Waals surface area (Å²) in [6, 6.07) is 27.1. The molecule has 0 unspecified atom stereocenters. The summed E-state index contributed by atoms with van der Waals surface area (Å²) in [4.78, 5) is 24.3. The van der Waals surface area contributed by atoms with E-state index in [1.54, 1.807) is 24.3 Å². The van der Waals surface area contributed by atoms with Crippen LogP contribution in [0, 0.1) is 6.92 Å². The molecule has 0 radical (unpaired) electrons. The number of hydrogen-bond acceptors (Lipinski definition) is 2. The molecule has 3 rings (SSSR count). The molecule has 0 aliphatic carbocycles. The molecule has 2 amide bonds. The lowest BCUT2D eigenvalue weighted by atomic mass is 9.98. The monoisotopic (exact) mass is 374 g/mol. The molecule has 0 bridgehead atoms. The van der Waals surface area contributed by atoms with Crippen molar-refractivity contribution in [2.45, 2.75) is 13.0 Å². The number of hydrazine groups is 1. The smallest absolute Gasteiger partial charge is 0.293 e. The van der Waals surface area contributed by atoms with Crippen LogP contribution in [0.1, 0.15) is 33.1 Å². The minimum Gasteiger partial charge on any atom is -0.328 e. The van der Waals surface area contributed by atoms with Crippen LogP contribution in [0.25, 0.3) is 0 Å². The second-order valence-corrected chi connectivity index (χ2v) is 6.61. The first-order valence-corrected chi connectivity index (χ1v) is 9.22. The lowest BCUT2D eigenvalue weighted by molar-refractivity contribution is -0.676. The average molecular weight is 374 g/mol. The zero-order valence-corrected chi connectivity index (χ0v) is 15.8. The van der Waals surface area contributed by atoms with E-state index in [9.17, 15) is 9.59 Å². The lowest BCUT2D eigenvalue weighted by Gasteiger charge is -2.17. The number of amides is 2. The number of rotatable bonds is 6. The molecule has 3 aromatic carbocycles. The van der Waals surface area contributed by atoms with Crippen molar-refractivity contribution >= 4 is 11.8 Å². The van der Waals surface area contributed by atoms with Gasteiger partial charge in [0.05, 0.1) is 0 Å². The molecule has 5 heteroatoms. The van der Waals surface area contributed by atoms with Gasteiger partial charge in [0.2, 0.25) is 0 Å². The molecule has 0 aromatic heterocycles. The van der Waals surface area contributed by atoms with Gasteiger partial charge in [0.25, 0.3) is 11.8 Å². The topological polar surface area (TPSA) is 74.8 Å². The van der Waals surface area contributed by atoms with Gasteiger partial charge in [0.15, 0.2) is 6.54 Å². The van der Waals surface area contributed by atoms with Gasteiger partial charge in [-0.3, -0.25) is 20.4 Å². The standard InChI is InChI=1S/C23H23N3O2/c1-17-12-14-19(15-13-17)22(18-8-4-2-5-9-18)24-16-21(27)25-26-23(28)20-10-6-3-7-11-20/h2-15,22,24H,16H2,1H3,(H,25,27)(H,26,28)/p+1/t22-/m1/s1. The SMILES string of the molecule is Cc1ccc([C@H]([NH2+]CC(=O)NNC(=O)c2ccccc2)c2ccccc2)cc1. The van der Waals surface area contributed by atoms with E-state index in [0.29, 0.717) is 5.56 Å². The van der Waals surface area contributed by atoms with Crippen molar-refractivity contribution in [2.24, 2.45) is 0 Å². The van der Waals surface area contributed by atoms with E-state index in [-0.39, 0.29) is 24.4 Å². The number of carbonyl (C=O) groups is 2. The summed E-state index contributed by atoms with van der Waals surface area (Å²) in [6.45, 7) is 2.23. The quantitative estimate of drug-likeness (QED) is 0.578. The van der Waals surface area contributed by atoms with E-state index in [2.05, 4.69) is 47.2 Å². The number of carbonyl (C=O) groups excluding carboxylic acids is 2. The Bertz CT molecular complexity index is 910. The third-order valence-corrected chi connectivity index (χ3v) is 4.49. The first kappa shape index (κ1) is 19.3. The predicted molar refractivity (Wildman–Crippen MR) is 108 cm³/mol. The predicted octanol–water partition coefficient (Wildman–Crippen LogP) is 2.11. The maximum atomic E-state index is 12.2. The van der Waals surface area contributed by atoms with E-state index in [4.69, 9.17) is 0 Å². The Morgan fingerprint density at radius 3 is 2.00 bits per heavy atom. The van der Waals surface area contributed by atoms with Gasteiger partial charge in [-0.15, -0.1) is 0 Å². The molecule has 3 aromatic rings. The van der Waals surface area contributed by atoms with Crippen molar-refractivity contribution < 1.29 is 14.9 Å². The van der Waals surface area contributed by atoms with Crippen molar-refractivity contribution in [3.05, 3.63) is 107 Å². The molecule has 0 fully saturated rings. The first-order chi connectivity index (χ1) is 13.6. The van der Waals surface area contributed by atoms with Crippen molar-refractivity contribution in [1.29, 1.82) is 0 Å². The minimum atomic E-state index is -0.341. The summed E-state index contributed by atoms with van der Waals surface area (Å²) in [5.41, 5.74) is 8.86. The second-order valence-electron chi connectivity index (χ2n) is 6.61. The Hall–Kier alpha value is -3.44. The van der Waals surface area contributed by atoms with Crippen LogP contribution in [-0.2, 0) is 4.79 Å². The van der Waals surface area contributed by atoms with E-state index in [1.165, 1.54) is 5.56 Å². The molecule has 5 nitrogen and oxygen atoms in total. The molecular weight excluding hydrogens is 350 g/mol. The summed E-state index contributed by atoms with van der Waals surface area (Å²) in [7, 11) is 0. The largest absolute Gasteiger partial charge is 0.328 e. The zero-order chi connectivity index (χ0) is 19.8. The summed E-state index contributed by atoms with van der Waals surface area (Å²) in [5.74, 6) is -0.607. The van der Waals surface area contributed by atoms with Gasteiger partial charge >= 0.3 is 0 Å². The van der Waals surface area contributed by atoms with Crippen LogP contribution in [0.2, 0.25) is 0 Å². The molecule has 142 valence electrons. The van der Waals surface area contributed by atoms with Gasteiger partial charge in [-0.1, -0.05) is 78.4 Å². The van der Waals surface area contributed by atoms with Gasteiger partial charge in [0, 0.05) is 16.7 Å². The van der Waals surface area contributed by atoms with Crippen LogP contribution in [0.15, 0.2) is 84.9 Å². The summed E-state index contributed by atoms with van der Waals surface area (Å²) >= 11 is 0. The fourth-order valence-corrected chi connectivity index (χ4v) is 2.96. The van der Waals surface area contributed by atoms with Crippen LogP contribution in [0.5, 0.6) is 0 Å². The van der Waals surface area contributed by atoms with Crippen LogP contribution in [0.3, 0.4) is 0 Å². The van der Waals surface area contributed by atoms with Crippen molar-refractivity contribution in [1.82, 2.24) is 10.9 Å². The molecule has 0 aliphatic heterocycles. The molecule has 0 spiro atoms. The molecular formula is C23H24N3O2+. The van der Waals surface area contributed by atoms with Crippen LogP contribution in [-0.4, -0.2) is 18.4 Å². The van der Waals surface area contributed by atoms with Gasteiger partial charge in [-0.2, -0.15) is 0 Å². The first-order valence-electron chi connectivity index (χ1n) is 9.22. The fraction of sp³-hybridized carbons (Fsp3) is 0.130. The Balaban J connectivity index is 1.61. The maximum Gasteiger partial charge on any atom is 0.293 e. The number of nitrogens with one attached hydrogen (secondary N) is 2. The summed E-state index contributed by atoms with van der Waals surface area (Å²) < 4.78 is 0. The van der Waals surface area contributed by atoms with Crippen molar-refractivity contribution in [3.63, 3.8) is 0 Å². The Morgan fingerprint density at radius 2 is 1.36 bits per heavy atom. The number of aryl methyl sites for hydroxylation is 1. The number of hydrogen-bond donors (Lipinski definition) is 3. The van der Waals surface area contributed by atoms with Crippen molar-refractivity contribution in [3.8, 4) is 0 Å². The molecule has 0 aliphatic rings. The molecule has 0 saturated carbocycles. The highest BCUT2D eigenvalue weighted by atomic mass is 16.2. The molecule has 4 N–H and O–H groups in total. The number of quaternary nitrogens is 1. The van der Waals surface area contributed by atoms with E-state index in [0.717, 1.165) is 11.1 Å². The highest BCUT2D eigenvalue weighted by Crippen LogP contribution is 2.18. The van der Waals surface area contributed by atoms with E-state index >= 15 is 0 Å². The van der Waals surface area contributed by atoms with Crippen LogP contribution < -0.4 is 16.2 Å². The third kappa shape index (κ3) is 5.28. The van der Waals surface area contributed by atoms with Gasteiger partial charge < -0.3 is 5.32 Å². The molecule has 0 heterocycles. The average Bonchev–Trinajstić information content (AvgIpc) is 2.75. The minimum absolute atomic E-state index is 0.00243. The molecule has 1 atom stereocenters. The van der Waals surface area contributed by atoms with Crippen molar-refractivity contribution in [2.75, 3.05) is 6.54 Å². The number of benzene rings is 3. The van der Waals surface area contributed by atoms with E-state index in [1.807, 2.05) is 36.5 Å². The van der Waals surface area contributed by atoms with Gasteiger partial charge in [-0.25, -0.2) is 0 Å². The maximum absolute atomic E-state index is 12.2. The normalized spacial score (nSPS) is 11.5.